The largest absolute Gasteiger partial charge is 0.261 e. The summed E-state index contributed by atoms with van der Waals surface area (Å²) < 4.78 is 15.1. The average Bonchev–Trinajstić information content (AvgIpc) is 3.13. The van der Waals surface area contributed by atoms with E-state index in [1.54, 1.807) is 35.3 Å². The van der Waals surface area contributed by atoms with Crippen LogP contribution in [0.4, 0.5) is 10.2 Å². The number of hydrogen-bond acceptors (Lipinski definition) is 5. The maximum Gasteiger partial charge on any atom is 0.168 e. The number of hydrazone groups is 1. The van der Waals surface area contributed by atoms with Crippen molar-refractivity contribution in [3.63, 3.8) is 0 Å². The highest BCUT2D eigenvalue weighted by atomic mass is 19.1. The lowest BCUT2D eigenvalue weighted by Gasteiger charge is -2.04. The smallest absolute Gasteiger partial charge is 0.168 e. The summed E-state index contributed by atoms with van der Waals surface area (Å²) in [4.78, 5) is 8.47. The number of benzene rings is 2. The highest BCUT2D eigenvalue weighted by Crippen LogP contribution is 2.21. The van der Waals surface area contributed by atoms with Gasteiger partial charge in [-0.15, -0.1) is 0 Å². The van der Waals surface area contributed by atoms with Gasteiger partial charge in [0.15, 0.2) is 11.5 Å². The van der Waals surface area contributed by atoms with Crippen LogP contribution in [0, 0.1) is 5.82 Å². The third-order valence-electron chi connectivity index (χ3n) is 3.97. The zero-order valence-electron chi connectivity index (χ0n) is 14.2. The highest BCUT2D eigenvalue weighted by molar-refractivity contribution is 5.88. The van der Waals surface area contributed by atoms with E-state index in [1.165, 1.54) is 18.5 Å². The van der Waals surface area contributed by atoms with Crippen LogP contribution in [0.1, 0.15) is 11.1 Å². The number of rotatable bonds is 5. The summed E-state index contributed by atoms with van der Waals surface area (Å²) >= 11 is 0. The lowest BCUT2D eigenvalue weighted by Crippen LogP contribution is -2.00. The van der Waals surface area contributed by atoms with E-state index in [0.29, 0.717) is 22.5 Å². The second-order valence-corrected chi connectivity index (χ2v) is 5.74. The highest BCUT2D eigenvalue weighted by Gasteiger charge is 2.11. The molecule has 6 nitrogen and oxygen atoms in total. The van der Waals surface area contributed by atoms with Gasteiger partial charge in [-0.2, -0.15) is 10.2 Å². The normalized spacial score (nSPS) is 11.1. The molecule has 0 amide bonds. The van der Waals surface area contributed by atoms with Gasteiger partial charge >= 0.3 is 0 Å². The molecule has 4 aromatic rings. The molecular weight excluding hydrogens is 343 g/mol. The van der Waals surface area contributed by atoms with Crippen molar-refractivity contribution in [3.8, 4) is 5.69 Å². The lowest BCUT2D eigenvalue weighted by atomic mass is 10.1. The molecule has 27 heavy (non-hydrogen) atoms. The molecule has 0 fully saturated rings. The van der Waals surface area contributed by atoms with Crippen molar-refractivity contribution >= 4 is 29.1 Å². The predicted octanol–water partition coefficient (Wildman–Crippen LogP) is 4.04. The van der Waals surface area contributed by atoms with Crippen LogP contribution in [0.5, 0.6) is 0 Å². The maximum atomic E-state index is 13.5. The topological polar surface area (TPSA) is 68.0 Å². The lowest BCUT2D eigenvalue weighted by molar-refractivity contribution is 0.625. The van der Waals surface area contributed by atoms with E-state index in [2.05, 4.69) is 32.2 Å². The molecule has 0 saturated heterocycles. The molecule has 0 aliphatic heterocycles. The Morgan fingerprint density at radius 2 is 1.89 bits per heavy atom. The minimum atomic E-state index is -0.337. The summed E-state index contributed by atoms with van der Waals surface area (Å²) in [6.45, 7) is 3.73. The van der Waals surface area contributed by atoms with E-state index in [0.717, 1.165) is 11.1 Å². The van der Waals surface area contributed by atoms with Crippen molar-refractivity contribution in [1.82, 2.24) is 19.7 Å². The first-order valence-electron chi connectivity index (χ1n) is 8.21. The molecule has 0 saturated carbocycles. The van der Waals surface area contributed by atoms with Crippen LogP contribution >= 0.6 is 0 Å². The Kier molecular flexibility index (Phi) is 4.40. The fourth-order valence-corrected chi connectivity index (χ4v) is 2.62. The first kappa shape index (κ1) is 16.6. The van der Waals surface area contributed by atoms with Crippen molar-refractivity contribution in [2.45, 2.75) is 0 Å². The molecule has 0 radical (unpaired) electrons. The summed E-state index contributed by atoms with van der Waals surface area (Å²) in [6, 6.07) is 14.0. The number of nitrogens with zero attached hydrogens (tertiary/aromatic N) is 5. The Labute approximate surface area is 154 Å². The Morgan fingerprint density at radius 1 is 1.07 bits per heavy atom. The molecule has 2 aromatic heterocycles. The fraction of sp³-hybridized carbons (Fsp3) is 0. The van der Waals surface area contributed by atoms with Crippen LogP contribution < -0.4 is 5.43 Å². The summed E-state index contributed by atoms with van der Waals surface area (Å²) in [5.41, 5.74) is 6.04. The molecule has 2 aromatic carbocycles. The number of hydrogen-bond donors (Lipinski definition) is 1. The van der Waals surface area contributed by atoms with E-state index in [1.807, 2.05) is 24.3 Å². The Morgan fingerprint density at radius 3 is 2.67 bits per heavy atom. The number of nitrogens with one attached hydrogen (secondary N) is 1. The Hall–Kier alpha value is -3.87. The molecular formula is C20H15FN6. The van der Waals surface area contributed by atoms with Gasteiger partial charge in [-0.1, -0.05) is 43.0 Å². The zero-order valence-corrected chi connectivity index (χ0v) is 14.2. The summed E-state index contributed by atoms with van der Waals surface area (Å²) in [6.07, 6.45) is 6.51. The van der Waals surface area contributed by atoms with E-state index in [4.69, 9.17) is 0 Å². The summed E-state index contributed by atoms with van der Waals surface area (Å²) in [5, 5.41) is 9.21. The monoisotopic (exact) mass is 358 g/mol. The van der Waals surface area contributed by atoms with E-state index >= 15 is 0 Å². The fourth-order valence-electron chi connectivity index (χ4n) is 2.62. The van der Waals surface area contributed by atoms with Crippen LogP contribution in [0.15, 0.2) is 72.7 Å². The minimum Gasteiger partial charge on any atom is -0.261 e. The van der Waals surface area contributed by atoms with Crippen molar-refractivity contribution in [2.75, 3.05) is 5.43 Å². The van der Waals surface area contributed by atoms with Gasteiger partial charge in [0, 0.05) is 0 Å². The van der Waals surface area contributed by atoms with Crippen LogP contribution in [0.25, 0.3) is 22.8 Å². The minimum absolute atomic E-state index is 0.337. The Balaban J connectivity index is 1.61. The van der Waals surface area contributed by atoms with Crippen molar-refractivity contribution in [3.05, 3.63) is 84.6 Å². The van der Waals surface area contributed by atoms with Gasteiger partial charge in [0.2, 0.25) is 0 Å². The summed E-state index contributed by atoms with van der Waals surface area (Å²) in [7, 11) is 0. The van der Waals surface area contributed by atoms with Gasteiger partial charge < -0.3 is 0 Å². The molecule has 1 N–H and O–H groups in total. The van der Waals surface area contributed by atoms with Crippen LogP contribution in [-0.4, -0.2) is 26.0 Å². The number of aromatic nitrogens is 4. The van der Waals surface area contributed by atoms with Crippen molar-refractivity contribution in [2.24, 2.45) is 5.10 Å². The Bertz CT molecular complexity index is 1130. The number of halogens is 1. The first-order valence-corrected chi connectivity index (χ1v) is 8.21. The molecule has 0 atom stereocenters. The van der Waals surface area contributed by atoms with Crippen LogP contribution in [0.3, 0.4) is 0 Å². The molecule has 0 spiro atoms. The molecule has 0 unspecified atom stereocenters. The SMILES string of the molecule is C=Cc1ccc(C=NNc2ncnc3c2cnn3-c2cccc(F)c2)cc1. The number of fused-ring (bicyclic) bond motifs is 1. The summed E-state index contributed by atoms with van der Waals surface area (Å²) in [5.74, 6) is 0.178. The maximum absolute atomic E-state index is 13.5. The van der Waals surface area contributed by atoms with E-state index in [9.17, 15) is 4.39 Å². The quantitative estimate of drug-likeness (QED) is 0.432. The second kappa shape index (κ2) is 7.17. The van der Waals surface area contributed by atoms with E-state index < -0.39 is 0 Å². The predicted molar refractivity (Wildman–Crippen MR) is 104 cm³/mol. The van der Waals surface area contributed by atoms with Gasteiger partial charge in [0.25, 0.3) is 0 Å². The standard InChI is InChI=1S/C20H15FN6/c1-2-14-6-8-15(9-7-14)11-24-26-19-18-12-25-27(20(18)23-13-22-19)17-5-3-4-16(21)10-17/h2-13H,1H2,(H,22,23,26). The van der Waals surface area contributed by atoms with Crippen LogP contribution in [-0.2, 0) is 0 Å². The van der Waals surface area contributed by atoms with Gasteiger partial charge in [0.1, 0.15) is 12.1 Å². The molecule has 0 aliphatic carbocycles. The van der Waals surface area contributed by atoms with E-state index in [-0.39, 0.29) is 5.82 Å². The van der Waals surface area contributed by atoms with Crippen molar-refractivity contribution < 1.29 is 4.39 Å². The molecule has 132 valence electrons. The molecule has 0 bridgehead atoms. The molecule has 2 heterocycles. The third-order valence-corrected chi connectivity index (χ3v) is 3.97. The molecule has 7 heteroatoms. The second-order valence-electron chi connectivity index (χ2n) is 5.74. The van der Waals surface area contributed by atoms with Gasteiger partial charge in [-0.05, 0) is 29.3 Å². The number of anilines is 1. The van der Waals surface area contributed by atoms with Crippen molar-refractivity contribution in [1.29, 1.82) is 0 Å². The molecule has 0 aliphatic rings. The van der Waals surface area contributed by atoms with Gasteiger partial charge in [-0.3, -0.25) is 5.43 Å². The average molecular weight is 358 g/mol. The van der Waals surface area contributed by atoms with Gasteiger partial charge in [-0.25, -0.2) is 19.0 Å². The third kappa shape index (κ3) is 3.43. The molecule has 4 rings (SSSR count). The zero-order chi connectivity index (χ0) is 18.6. The van der Waals surface area contributed by atoms with Crippen LogP contribution in [0.2, 0.25) is 0 Å². The first-order chi connectivity index (χ1) is 13.2. The van der Waals surface area contributed by atoms with Gasteiger partial charge in [0.05, 0.1) is 23.5 Å².